The van der Waals surface area contributed by atoms with Crippen LogP contribution in [0, 0.1) is 0 Å². The Kier molecular flexibility index (Phi) is 6.33. The molecule has 0 N–H and O–H groups in total. The molecule has 0 saturated carbocycles. The van der Waals surface area contributed by atoms with Crippen molar-refractivity contribution in [3.63, 3.8) is 0 Å². The summed E-state index contributed by atoms with van der Waals surface area (Å²) in [6.07, 6.45) is 0. The molecule has 1 aliphatic rings. The lowest BCUT2D eigenvalue weighted by Crippen LogP contribution is -2.15. The molecule has 1 nitrogen and oxygen atoms in total. The minimum absolute atomic E-state index is 1.16. The standard InChI is InChI=1S/C42H27NS2/c1-3-10-28(11-4-1)31-20-24-37-40(26-31)44-41-27-32(29-12-5-2-6-13-29)21-25-38(41)43(37)33-22-18-30(19-23-33)34-15-9-16-36-35-14-7-8-17-39(35)45-42(34)36/h1-27H. The first-order valence-electron chi connectivity index (χ1n) is 15.2. The van der Waals surface area contributed by atoms with Crippen molar-refractivity contribution in [3.05, 3.63) is 164 Å². The van der Waals surface area contributed by atoms with Gasteiger partial charge in [0.1, 0.15) is 0 Å². The summed E-state index contributed by atoms with van der Waals surface area (Å²) in [5, 5.41) is 2.66. The van der Waals surface area contributed by atoms with Crippen LogP contribution in [0.5, 0.6) is 0 Å². The van der Waals surface area contributed by atoms with Gasteiger partial charge in [-0.3, -0.25) is 0 Å². The highest BCUT2D eigenvalue weighted by Crippen LogP contribution is 2.53. The van der Waals surface area contributed by atoms with Gasteiger partial charge >= 0.3 is 0 Å². The van der Waals surface area contributed by atoms with Crippen LogP contribution in [0.1, 0.15) is 0 Å². The Labute approximate surface area is 271 Å². The van der Waals surface area contributed by atoms with Crippen LogP contribution in [0.2, 0.25) is 0 Å². The number of hydrogen-bond acceptors (Lipinski definition) is 3. The number of nitrogens with zero attached hydrogens (tertiary/aromatic N) is 1. The number of fused-ring (bicyclic) bond motifs is 5. The van der Waals surface area contributed by atoms with Crippen LogP contribution in [0.3, 0.4) is 0 Å². The minimum atomic E-state index is 1.16. The Morgan fingerprint density at radius 3 is 1.60 bits per heavy atom. The fraction of sp³-hybridized carbons (Fsp3) is 0. The van der Waals surface area contributed by atoms with E-state index in [9.17, 15) is 0 Å². The molecule has 0 radical (unpaired) electrons. The predicted octanol–water partition coefficient (Wildman–Crippen LogP) is 13.0. The summed E-state index contributed by atoms with van der Waals surface area (Å²) in [5.41, 5.74) is 11.0. The monoisotopic (exact) mass is 609 g/mol. The van der Waals surface area contributed by atoms with E-state index in [0.29, 0.717) is 0 Å². The fourth-order valence-electron chi connectivity index (χ4n) is 6.47. The summed E-state index contributed by atoms with van der Waals surface area (Å²) >= 11 is 3.74. The minimum Gasteiger partial charge on any atom is -0.308 e. The molecule has 1 aliphatic heterocycles. The molecule has 45 heavy (non-hydrogen) atoms. The predicted molar refractivity (Wildman–Crippen MR) is 194 cm³/mol. The molecule has 1 aromatic heterocycles. The molecule has 0 atom stereocenters. The van der Waals surface area contributed by atoms with Gasteiger partial charge in [0.25, 0.3) is 0 Å². The lowest BCUT2D eigenvalue weighted by Gasteiger charge is -2.33. The molecular formula is C42H27NS2. The van der Waals surface area contributed by atoms with Gasteiger partial charge in [0.15, 0.2) is 0 Å². The van der Waals surface area contributed by atoms with Crippen molar-refractivity contribution in [3.8, 4) is 33.4 Å². The number of anilines is 3. The van der Waals surface area contributed by atoms with E-state index in [0.717, 1.165) is 5.69 Å². The summed E-state index contributed by atoms with van der Waals surface area (Å²) in [5.74, 6) is 0. The van der Waals surface area contributed by atoms with Crippen molar-refractivity contribution >= 4 is 60.3 Å². The molecule has 0 fully saturated rings. The molecule has 0 unspecified atom stereocenters. The molecule has 0 saturated heterocycles. The lowest BCUT2D eigenvalue weighted by molar-refractivity contribution is 1.17. The van der Waals surface area contributed by atoms with E-state index in [-0.39, 0.29) is 0 Å². The van der Waals surface area contributed by atoms with Gasteiger partial charge in [-0.25, -0.2) is 0 Å². The maximum atomic E-state index is 2.43. The first-order valence-corrected chi connectivity index (χ1v) is 16.8. The van der Waals surface area contributed by atoms with E-state index in [1.165, 1.54) is 74.7 Å². The van der Waals surface area contributed by atoms with Crippen LogP contribution in [0.15, 0.2) is 174 Å². The van der Waals surface area contributed by atoms with Crippen molar-refractivity contribution < 1.29 is 0 Å². The Morgan fingerprint density at radius 1 is 0.400 bits per heavy atom. The van der Waals surface area contributed by atoms with Crippen LogP contribution < -0.4 is 4.90 Å². The Hall–Kier alpha value is -5.09. The zero-order valence-electron chi connectivity index (χ0n) is 24.4. The zero-order valence-corrected chi connectivity index (χ0v) is 26.0. The molecule has 0 aliphatic carbocycles. The molecule has 9 rings (SSSR count). The van der Waals surface area contributed by atoms with Crippen LogP contribution in [0.25, 0.3) is 53.6 Å². The second kappa shape index (κ2) is 10.8. The summed E-state index contributed by atoms with van der Waals surface area (Å²) in [6, 6.07) is 59.6. The third kappa shape index (κ3) is 4.55. The number of benzene rings is 7. The van der Waals surface area contributed by atoms with Gasteiger partial charge in [-0.2, -0.15) is 0 Å². The quantitative estimate of drug-likeness (QED) is 0.195. The SMILES string of the molecule is c1ccc(-c2ccc3c(c2)Sc2cc(-c4ccccc4)ccc2N3c2ccc(-c3cccc4c3sc3ccccc34)cc2)cc1. The Balaban J connectivity index is 1.17. The highest BCUT2D eigenvalue weighted by atomic mass is 32.2. The van der Waals surface area contributed by atoms with Gasteiger partial charge < -0.3 is 4.90 Å². The van der Waals surface area contributed by atoms with Gasteiger partial charge in [-0.1, -0.05) is 133 Å². The van der Waals surface area contributed by atoms with E-state index in [2.05, 4.69) is 169 Å². The van der Waals surface area contributed by atoms with Crippen molar-refractivity contribution in [2.75, 3.05) is 4.90 Å². The van der Waals surface area contributed by atoms with Crippen LogP contribution in [0.4, 0.5) is 17.1 Å². The largest absolute Gasteiger partial charge is 0.308 e. The van der Waals surface area contributed by atoms with Crippen LogP contribution >= 0.6 is 23.1 Å². The molecular weight excluding hydrogens is 583 g/mol. The van der Waals surface area contributed by atoms with Crippen LogP contribution in [-0.2, 0) is 0 Å². The first-order chi connectivity index (χ1) is 22.3. The van der Waals surface area contributed by atoms with Gasteiger partial charge in [0.2, 0.25) is 0 Å². The maximum Gasteiger partial charge on any atom is 0.0602 e. The lowest BCUT2D eigenvalue weighted by atomic mass is 10.0. The molecule has 2 heterocycles. The van der Waals surface area contributed by atoms with E-state index in [1.54, 1.807) is 0 Å². The van der Waals surface area contributed by atoms with E-state index < -0.39 is 0 Å². The first kappa shape index (κ1) is 26.3. The summed E-state index contributed by atoms with van der Waals surface area (Å²) in [7, 11) is 0. The van der Waals surface area contributed by atoms with Gasteiger partial charge in [-0.05, 0) is 75.8 Å². The molecule has 0 spiro atoms. The van der Waals surface area contributed by atoms with E-state index in [1.807, 2.05) is 23.1 Å². The maximum absolute atomic E-state index is 2.43. The average molecular weight is 610 g/mol. The highest BCUT2D eigenvalue weighted by molar-refractivity contribution is 7.99. The third-order valence-corrected chi connectivity index (χ3v) is 11.0. The van der Waals surface area contributed by atoms with Crippen LogP contribution in [-0.4, -0.2) is 0 Å². The number of hydrogen-bond donors (Lipinski definition) is 0. The number of rotatable bonds is 4. The van der Waals surface area contributed by atoms with Crippen molar-refractivity contribution in [2.45, 2.75) is 9.79 Å². The molecule has 0 amide bonds. The Morgan fingerprint density at radius 2 is 0.956 bits per heavy atom. The smallest absolute Gasteiger partial charge is 0.0602 e. The summed E-state index contributed by atoms with van der Waals surface area (Å²) in [4.78, 5) is 4.94. The molecule has 7 aromatic carbocycles. The molecule has 8 aromatic rings. The topological polar surface area (TPSA) is 3.24 Å². The van der Waals surface area contributed by atoms with Gasteiger partial charge in [-0.15, -0.1) is 11.3 Å². The highest BCUT2D eigenvalue weighted by Gasteiger charge is 2.26. The van der Waals surface area contributed by atoms with Crippen molar-refractivity contribution in [1.29, 1.82) is 0 Å². The second-order valence-electron chi connectivity index (χ2n) is 11.4. The molecule has 0 bridgehead atoms. The second-order valence-corrected chi connectivity index (χ2v) is 13.5. The summed E-state index contributed by atoms with van der Waals surface area (Å²) < 4.78 is 2.68. The number of thiophene rings is 1. The Bertz CT molecular complexity index is 2250. The normalized spacial score (nSPS) is 12.3. The average Bonchev–Trinajstić information content (AvgIpc) is 3.50. The van der Waals surface area contributed by atoms with Crippen molar-refractivity contribution in [2.24, 2.45) is 0 Å². The summed E-state index contributed by atoms with van der Waals surface area (Å²) in [6.45, 7) is 0. The van der Waals surface area contributed by atoms with E-state index in [4.69, 9.17) is 0 Å². The zero-order chi connectivity index (χ0) is 29.7. The van der Waals surface area contributed by atoms with Crippen molar-refractivity contribution in [1.82, 2.24) is 0 Å². The van der Waals surface area contributed by atoms with Gasteiger partial charge in [0.05, 0.1) is 11.4 Å². The molecule has 212 valence electrons. The fourth-order valence-corrected chi connectivity index (χ4v) is 8.85. The third-order valence-electron chi connectivity index (χ3n) is 8.68. The molecule has 3 heteroatoms. The van der Waals surface area contributed by atoms with Gasteiger partial charge in [0, 0.05) is 35.7 Å². The van der Waals surface area contributed by atoms with E-state index >= 15 is 0 Å².